The van der Waals surface area contributed by atoms with Crippen LogP contribution in [0.2, 0.25) is 0 Å². The average molecular weight is 773 g/mol. The summed E-state index contributed by atoms with van der Waals surface area (Å²) in [6.07, 6.45) is 8.41. The number of likely N-dealkylation sites (tertiary alicyclic amines) is 2. The summed E-state index contributed by atoms with van der Waals surface area (Å²) in [5.74, 6) is -2.82. The van der Waals surface area contributed by atoms with Crippen molar-refractivity contribution in [2.24, 2.45) is 21.3 Å². The van der Waals surface area contributed by atoms with Crippen molar-refractivity contribution in [3.63, 3.8) is 0 Å². The number of alkyl halides is 2. The van der Waals surface area contributed by atoms with Crippen LogP contribution in [0.15, 0.2) is 70.8 Å². The third kappa shape index (κ3) is 6.20. The minimum atomic E-state index is -3.18. The summed E-state index contributed by atoms with van der Waals surface area (Å²) >= 11 is 0. The molecule has 57 heavy (non-hydrogen) atoms. The molecular weight excluding hydrogens is 723 g/mol. The van der Waals surface area contributed by atoms with E-state index >= 15 is 8.78 Å². The maximum Gasteiger partial charge on any atom is 0.411 e. The van der Waals surface area contributed by atoms with Gasteiger partial charge in [-0.1, -0.05) is 30.3 Å². The highest BCUT2D eigenvalue weighted by Gasteiger charge is 2.56. The predicted octanol–water partition coefficient (Wildman–Crippen LogP) is 10.9. The summed E-state index contributed by atoms with van der Waals surface area (Å²) in [4.78, 5) is 40.2. The number of amides is 2. The Bertz CT molecular complexity index is 2340. The van der Waals surface area contributed by atoms with E-state index in [1.54, 1.807) is 18.3 Å². The van der Waals surface area contributed by atoms with E-state index < -0.39 is 17.1 Å². The van der Waals surface area contributed by atoms with Crippen LogP contribution in [-0.4, -0.2) is 69.3 Å². The molecule has 4 aliphatic heterocycles. The number of allylic oxidation sites excluding steroid dienone is 1. The van der Waals surface area contributed by atoms with Crippen molar-refractivity contribution in [3.05, 3.63) is 83.1 Å². The van der Waals surface area contributed by atoms with Crippen LogP contribution in [0.4, 0.5) is 24.1 Å². The monoisotopic (exact) mass is 772 g/mol. The topological polar surface area (TPSA) is 83.8 Å². The smallest absolute Gasteiger partial charge is 0.411 e. The molecule has 2 saturated carbocycles. The molecule has 4 atom stereocenters. The molecule has 0 radical (unpaired) electrons. The van der Waals surface area contributed by atoms with Crippen molar-refractivity contribution < 1.29 is 27.8 Å². The van der Waals surface area contributed by atoms with E-state index in [4.69, 9.17) is 19.5 Å². The minimum absolute atomic E-state index is 0.00193. The molecule has 2 saturated heterocycles. The van der Waals surface area contributed by atoms with Gasteiger partial charge in [0, 0.05) is 54.2 Å². The van der Waals surface area contributed by atoms with Gasteiger partial charge >= 0.3 is 12.2 Å². The highest BCUT2D eigenvalue weighted by Crippen LogP contribution is 2.56. The highest BCUT2D eigenvalue weighted by molar-refractivity contribution is 6.03. The van der Waals surface area contributed by atoms with E-state index in [9.17, 15) is 9.59 Å². The first-order valence-electron chi connectivity index (χ1n) is 20.6. The lowest BCUT2D eigenvalue weighted by molar-refractivity contribution is 0.0141. The number of piperidine rings is 1. The summed E-state index contributed by atoms with van der Waals surface area (Å²) < 4.78 is 44.7. The molecule has 3 aromatic rings. The van der Waals surface area contributed by atoms with Gasteiger partial charge in [0.25, 0.3) is 5.92 Å². The van der Waals surface area contributed by atoms with Crippen molar-refractivity contribution in [3.8, 4) is 22.3 Å². The van der Waals surface area contributed by atoms with Crippen LogP contribution in [-0.2, 0) is 21.8 Å². The molecule has 0 aromatic heterocycles. The second-order valence-electron chi connectivity index (χ2n) is 19.6. The molecule has 2 amide bonds. The molecule has 1 spiro atoms. The quantitative estimate of drug-likeness (QED) is 0.264. The number of hydrogen-bond acceptors (Lipinski definition) is 6. The number of halogens is 2. The molecule has 7 aliphatic rings. The van der Waals surface area contributed by atoms with Crippen molar-refractivity contribution in [2.75, 3.05) is 6.54 Å². The molecule has 8 nitrogen and oxygen atoms in total. The normalized spacial score (nSPS) is 25.9. The van der Waals surface area contributed by atoms with Crippen LogP contribution >= 0.6 is 0 Å². The first-order chi connectivity index (χ1) is 27.0. The van der Waals surface area contributed by atoms with Crippen molar-refractivity contribution in [2.45, 2.75) is 128 Å². The zero-order valence-electron chi connectivity index (χ0n) is 33.6. The van der Waals surface area contributed by atoms with Gasteiger partial charge in [-0.05, 0) is 155 Å². The number of benzene rings is 3. The van der Waals surface area contributed by atoms with Gasteiger partial charge in [0.2, 0.25) is 0 Å². The Labute approximate surface area is 333 Å². The van der Waals surface area contributed by atoms with Gasteiger partial charge in [0.05, 0.1) is 17.8 Å². The van der Waals surface area contributed by atoms with Gasteiger partial charge in [-0.3, -0.25) is 19.8 Å². The third-order valence-electron chi connectivity index (χ3n) is 13.2. The van der Waals surface area contributed by atoms with Gasteiger partial charge in [0.1, 0.15) is 11.2 Å². The van der Waals surface area contributed by atoms with E-state index in [0.29, 0.717) is 36.4 Å². The Morgan fingerprint density at radius 2 is 1.44 bits per heavy atom. The summed E-state index contributed by atoms with van der Waals surface area (Å²) in [7, 11) is 0. The molecule has 0 N–H and O–H groups in total. The lowest BCUT2D eigenvalue weighted by Gasteiger charge is -2.36. The zero-order chi connectivity index (χ0) is 39.8. The lowest BCUT2D eigenvalue weighted by Crippen LogP contribution is -2.50. The number of hydrogen-bond donors (Lipinski definition) is 0. The molecule has 10 rings (SSSR count). The first kappa shape index (κ1) is 36.5. The first-order valence-corrected chi connectivity index (χ1v) is 20.6. The molecule has 10 heteroatoms. The standard InChI is InChI=1S/C47H50F2N4O4/c1-44(2,3)56-42(54)52-25-46(15-16-46)23-40(52)38-22-31(24-50-38)28-9-13-34-33-12-8-27(19-35(33)47(48,49)36(34)20-28)26-10-14-37-30(17-26)21-39(51-37)41-29-7-11-32(18-29)53(41)43(55)57-45(4,5)6/h8-10,12-14,17,19-20,24,29,32,40-41H,7,11,15-16,18,21-23,25H2,1-6H3/t29-,32+,40?,41-/m0/s1. The van der Waals surface area contributed by atoms with Gasteiger partial charge in [0.15, 0.2) is 0 Å². The number of aliphatic imine (C=N–C) groups is 2. The van der Waals surface area contributed by atoms with Crippen molar-refractivity contribution in [1.29, 1.82) is 0 Å². The molecule has 3 aliphatic carbocycles. The SMILES string of the molecule is CC(C)(C)OC(=O)N1CC2(CC2)CC1C1=NC=C(c2ccc3c(c2)C(F)(F)c2cc(-c4ccc5c(c4)CC([C@@H]4[C@H]6CC[C@H](C6)N4C(=O)OC(C)(C)C)=N5)ccc2-3)C1. The van der Waals surface area contributed by atoms with Crippen LogP contribution in [0.5, 0.6) is 0 Å². The van der Waals surface area contributed by atoms with Crippen LogP contribution in [0, 0.1) is 11.3 Å². The summed E-state index contributed by atoms with van der Waals surface area (Å²) in [5.41, 5.74) is 7.03. The largest absolute Gasteiger partial charge is 0.444 e. The number of carbonyl (C=O) groups is 2. The summed E-state index contributed by atoms with van der Waals surface area (Å²) in [5, 5.41) is 0. The van der Waals surface area contributed by atoms with E-state index in [2.05, 4.69) is 6.07 Å². The number of fused-ring (bicyclic) bond motifs is 6. The second-order valence-corrected chi connectivity index (χ2v) is 19.6. The van der Waals surface area contributed by atoms with E-state index in [0.717, 1.165) is 83.5 Å². The maximum atomic E-state index is 16.5. The number of rotatable bonds is 4. The zero-order valence-corrected chi connectivity index (χ0v) is 33.6. The predicted molar refractivity (Wildman–Crippen MR) is 217 cm³/mol. The minimum Gasteiger partial charge on any atom is -0.444 e. The van der Waals surface area contributed by atoms with E-state index in [1.807, 2.05) is 87.7 Å². The molecule has 2 bridgehead atoms. The number of ether oxygens (including phenoxy) is 2. The summed E-state index contributed by atoms with van der Waals surface area (Å²) in [6.45, 7) is 12.0. The van der Waals surface area contributed by atoms with Gasteiger partial charge in [-0.15, -0.1) is 0 Å². The molecular formula is C47H50F2N4O4. The summed E-state index contributed by atoms with van der Waals surface area (Å²) in [6, 6.07) is 16.7. The fraction of sp³-hybridized carbons (Fsp3) is 0.489. The van der Waals surface area contributed by atoms with E-state index in [-0.39, 0.29) is 46.9 Å². The van der Waals surface area contributed by atoms with E-state index in [1.165, 1.54) is 0 Å². The molecule has 3 aromatic carbocycles. The number of carbonyl (C=O) groups excluding carboxylic acids is 2. The Kier molecular flexibility index (Phi) is 7.89. The molecule has 4 heterocycles. The molecule has 1 unspecified atom stereocenters. The average Bonchev–Trinajstić information content (AvgIpc) is 3.78. The Morgan fingerprint density at radius 1 is 0.789 bits per heavy atom. The van der Waals surface area contributed by atoms with Gasteiger partial charge in [-0.2, -0.15) is 8.78 Å². The lowest BCUT2D eigenvalue weighted by atomic mass is 9.91. The Morgan fingerprint density at radius 3 is 2.14 bits per heavy atom. The van der Waals surface area contributed by atoms with Crippen LogP contribution in [0.1, 0.15) is 109 Å². The maximum absolute atomic E-state index is 16.5. The fourth-order valence-electron chi connectivity index (χ4n) is 10.4. The Hall–Kier alpha value is -4.86. The van der Waals surface area contributed by atoms with Crippen LogP contribution in [0.25, 0.3) is 27.8 Å². The highest BCUT2D eigenvalue weighted by atomic mass is 19.3. The van der Waals surface area contributed by atoms with Crippen LogP contribution in [0.3, 0.4) is 0 Å². The number of nitrogens with zero attached hydrogens (tertiary/aromatic N) is 4. The Balaban J connectivity index is 0.858. The van der Waals surface area contributed by atoms with Crippen LogP contribution < -0.4 is 0 Å². The fourth-order valence-corrected chi connectivity index (χ4v) is 10.4. The van der Waals surface area contributed by atoms with Gasteiger partial charge in [-0.25, -0.2) is 9.59 Å². The van der Waals surface area contributed by atoms with Gasteiger partial charge < -0.3 is 9.47 Å². The molecule has 4 fully saturated rings. The second kappa shape index (κ2) is 12.3. The van der Waals surface area contributed by atoms with Crippen molar-refractivity contribution >= 4 is 34.9 Å². The third-order valence-corrected chi connectivity index (χ3v) is 13.2. The van der Waals surface area contributed by atoms with Crippen molar-refractivity contribution in [1.82, 2.24) is 9.80 Å². The molecule has 296 valence electrons.